The Labute approximate surface area is 239 Å². The molecule has 8 heteroatoms. The number of piperidine rings is 1. The summed E-state index contributed by atoms with van der Waals surface area (Å²) in [7, 11) is 0. The number of carbonyl (C=O) groups is 3. The molecule has 3 aromatic carbocycles. The Balaban J connectivity index is 1.38. The average Bonchev–Trinajstić information content (AvgIpc) is 2.96. The summed E-state index contributed by atoms with van der Waals surface area (Å²) in [6.07, 6.45) is 2.94. The van der Waals surface area contributed by atoms with Crippen LogP contribution in [0.1, 0.15) is 46.8 Å². The van der Waals surface area contributed by atoms with E-state index < -0.39 is 0 Å². The highest BCUT2D eigenvalue weighted by Gasteiger charge is 2.31. The van der Waals surface area contributed by atoms with Crippen LogP contribution in [-0.2, 0) is 16.1 Å². The maximum atomic E-state index is 13.8. The second-order valence-electron chi connectivity index (χ2n) is 10.0. The van der Waals surface area contributed by atoms with Gasteiger partial charge in [-0.3, -0.25) is 9.59 Å². The summed E-state index contributed by atoms with van der Waals surface area (Å²) in [5.41, 5.74) is 4.34. The Hall–Kier alpha value is -4.04. The van der Waals surface area contributed by atoms with Gasteiger partial charge >= 0.3 is 6.09 Å². The van der Waals surface area contributed by atoms with Crippen LogP contribution in [0.2, 0.25) is 0 Å². The van der Waals surface area contributed by atoms with Gasteiger partial charge in [-0.25, -0.2) is 4.79 Å². The van der Waals surface area contributed by atoms with Crippen LogP contribution >= 0.6 is 11.8 Å². The number of rotatable bonds is 6. The average molecular weight is 556 g/mol. The number of hydrogen-bond acceptors (Lipinski definition) is 5. The van der Waals surface area contributed by atoms with E-state index in [1.807, 2.05) is 79.7 Å². The molecule has 0 saturated carbocycles. The van der Waals surface area contributed by atoms with E-state index in [2.05, 4.69) is 11.4 Å². The summed E-state index contributed by atoms with van der Waals surface area (Å²) >= 11 is 1.43. The molecule has 7 nitrogen and oxygen atoms in total. The lowest BCUT2D eigenvalue weighted by Gasteiger charge is -2.32. The number of ether oxygens (including phenoxy) is 1. The number of fused-ring (bicyclic) bond motifs is 1. The lowest BCUT2D eigenvalue weighted by Crippen LogP contribution is -2.46. The van der Waals surface area contributed by atoms with Gasteiger partial charge in [0.05, 0.1) is 23.7 Å². The fourth-order valence-corrected chi connectivity index (χ4v) is 6.03. The van der Waals surface area contributed by atoms with Crippen molar-refractivity contribution in [3.8, 4) is 0 Å². The highest BCUT2D eigenvalue weighted by molar-refractivity contribution is 8.04. The van der Waals surface area contributed by atoms with Gasteiger partial charge in [-0.15, -0.1) is 0 Å². The van der Waals surface area contributed by atoms with Crippen molar-refractivity contribution in [2.75, 3.05) is 24.6 Å². The van der Waals surface area contributed by atoms with E-state index in [9.17, 15) is 14.4 Å². The smallest absolute Gasteiger partial charge is 0.409 e. The Morgan fingerprint density at radius 3 is 2.52 bits per heavy atom. The van der Waals surface area contributed by atoms with Crippen LogP contribution < -0.4 is 10.2 Å². The van der Waals surface area contributed by atoms with E-state index in [1.165, 1.54) is 11.8 Å². The third kappa shape index (κ3) is 6.39. The number of nitrogens with zero attached hydrogens (tertiary/aromatic N) is 2. The molecule has 3 aromatic rings. The normalized spacial score (nSPS) is 16.6. The van der Waals surface area contributed by atoms with Gasteiger partial charge in [-0.2, -0.15) is 0 Å². The van der Waals surface area contributed by atoms with Gasteiger partial charge in [0, 0.05) is 29.6 Å². The predicted molar refractivity (Wildman–Crippen MR) is 158 cm³/mol. The van der Waals surface area contributed by atoms with Gasteiger partial charge < -0.3 is 19.9 Å². The van der Waals surface area contributed by atoms with Gasteiger partial charge in [-0.05, 0) is 62.1 Å². The van der Waals surface area contributed by atoms with Crippen LogP contribution in [0.5, 0.6) is 0 Å². The predicted octanol–water partition coefficient (Wildman–Crippen LogP) is 6.03. The molecule has 1 fully saturated rings. The van der Waals surface area contributed by atoms with Gasteiger partial charge in [0.2, 0.25) is 0 Å². The highest BCUT2D eigenvalue weighted by atomic mass is 32.2. The number of amides is 3. The summed E-state index contributed by atoms with van der Waals surface area (Å²) in [6, 6.07) is 23.5. The second-order valence-corrected chi connectivity index (χ2v) is 11.1. The zero-order valence-electron chi connectivity index (χ0n) is 22.8. The third-order valence-electron chi connectivity index (χ3n) is 7.06. The molecule has 0 atom stereocenters. The lowest BCUT2D eigenvalue weighted by molar-refractivity contribution is -0.114. The molecule has 0 aliphatic carbocycles. The minimum atomic E-state index is -0.307. The van der Waals surface area contributed by atoms with E-state index in [-0.39, 0.29) is 23.9 Å². The SMILES string of the molecule is CCOC(=O)N1CCC(NC(=O)c2ccc3c(c2)N(Cc2cccc(C)c2)C(=O)/C(=C/c2ccccc2)S3)CC1. The summed E-state index contributed by atoms with van der Waals surface area (Å²) < 4.78 is 5.09. The Morgan fingerprint density at radius 2 is 1.80 bits per heavy atom. The Bertz CT molecular complexity index is 1430. The van der Waals surface area contributed by atoms with E-state index in [1.54, 1.807) is 16.7 Å². The van der Waals surface area contributed by atoms with Crippen molar-refractivity contribution in [2.24, 2.45) is 0 Å². The van der Waals surface area contributed by atoms with E-state index in [0.29, 0.717) is 49.6 Å². The Kier molecular flexibility index (Phi) is 8.55. The number of hydrogen-bond donors (Lipinski definition) is 1. The van der Waals surface area contributed by atoms with Crippen LogP contribution in [0.3, 0.4) is 0 Å². The molecule has 1 N–H and O–H groups in total. The molecule has 40 heavy (non-hydrogen) atoms. The van der Waals surface area contributed by atoms with Gasteiger partial charge in [0.1, 0.15) is 0 Å². The van der Waals surface area contributed by atoms with Crippen LogP contribution in [0, 0.1) is 6.92 Å². The maximum absolute atomic E-state index is 13.8. The Morgan fingerprint density at radius 1 is 1.02 bits per heavy atom. The molecule has 3 amide bonds. The number of nitrogens with one attached hydrogen (secondary N) is 1. The molecule has 2 heterocycles. The number of benzene rings is 3. The van der Waals surface area contributed by atoms with Crippen molar-refractivity contribution in [1.29, 1.82) is 0 Å². The van der Waals surface area contributed by atoms with Crippen molar-refractivity contribution in [3.63, 3.8) is 0 Å². The minimum Gasteiger partial charge on any atom is -0.450 e. The van der Waals surface area contributed by atoms with Crippen molar-refractivity contribution in [2.45, 2.75) is 44.2 Å². The number of anilines is 1. The molecule has 0 radical (unpaired) electrons. The molecule has 206 valence electrons. The zero-order chi connectivity index (χ0) is 28.1. The molecular weight excluding hydrogens is 522 g/mol. The summed E-state index contributed by atoms with van der Waals surface area (Å²) in [6.45, 7) is 5.65. The first-order valence-corrected chi connectivity index (χ1v) is 14.4. The van der Waals surface area contributed by atoms with Crippen molar-refractivity contribution >= 4 is 41.4 Å². The van der Waals surface area contributed by atoms with Crippen molar-refractivity contribution in [1.82, 2.24) is 10.2 Å². The minimum absolute atomic E-state index is 0.0333. The molecule has 5 rings (SSSR count). The first-order chi connectivity index (χ1) is 19.4. The van der Waals surface area contributed by atoms with Gasteiger partial charge in [-0.1, -0.05) is 71.9 Å². The van der Waals surface area contributed by atoms with Crippen molar-refractivity contribution in [3.05, 3.63) is 100.0 Å². The first-order valence-electron chi connectivity index (χ1n) is 13.6. The summed E-state index contributed by atoms with van der Waals surface area (Å²) in [5, 5.41) is 3.12. The standard InChI is InChI=1S/C32H33N3O4S/c1-3-39-32(38)34-16-14-26(15-17-34)33-30(36)25-12-13-28-27(20-25)35(21-24-11-7-8-22(2)18-24)31(37)29(40-28)19-23-9-5-4-6-10-23/h4-13,18-20,26H,3,14-17,21H2,1-2H3,(H,33,36)/b29-19-. The largest absolute Gasteiger partial charge is 0.450 e. The van der Waals surface area contributed by atoms with Crippen LogP contribution in [0.25, 0.3) is 6.08 Å². The molecule has 1 saturated heterocycles. The third-order valence-corrected chi connectivity index (χ3v) is 8.14. The summed E-state index contributed by atoms with van der Waals surface area (Å²) in [4.78, 5) is 44.1. The number of likely N-dealkylation sites (tertiary alicyclic amines) is 1. The van der Waals surface area contributed by atoms with E-state index in [4.69, 9.17) is 4.74 Å². The molecule has 0 bridgehead atoms. The second kappa shape index (κ2) is 12.4. The van der Waals surface area contributed by atoms with Crippen LogP contribution in [0.15, 0.2) is 82.6 Å². The molecule has 0 aromatic heterocycles. The number of carbonyl (C=O) groups excluding carboxylic acids is 3. The fourth-order valence-electron chi connectivity index (χ4n) is 4.99. The summed E-state index contributed by atoms with van der Waals surface area (Å²) in [5.74, 6) is -0.275. The fraction of sp³-hybridized carbons (Fsp3) is 0.281. The molecular formula is C32H33N3O4S. The molecule has 2 aliphatic heterocycles. The monoisotopic (exact) mass is 555 g/mol. The van der Waals surface area contributed by atoms with Crippen LogP contribution in [-0.4, -0.2) is 48.5 Å². The molecule has 0 unspecified atom stereocenters. The number of thioether (sulfide) groups is 1. The lowest BCUT2D eigenvalue weighted by atomic mass is 10.0. The zero-order valence-corrected chi connectivity index (χ0v) is 23.6. The maximum Gasteiger partial charge on any atom is 0.409 e. The topological polar surface area (TPSA) is 79.0 Å². The quantitative estimate of drug-likeness (QED) is 0.376. The van der Waals surface area contributed by atoms with Crippen LogP contribution in [0.4, 0.5) is 10.5 Å². The van der Waals surface area contributed by atoms with E-state index in [0.717, 1.165) is 27.3 Å². The molecule has 2 aliphatic rings. The van der Waals surface area contributed by atoms with Gasteiger partial charge in [0.15, 0.2) is 0 Å². The first kappa shape index (κ1) is 27.5. The number of aryl methyl sites for hydroxylation is 1. The molecule has 0 spiro atoms. The highest BCUT2D eigenvalue weighted by Crippen LogP contribution is 2.43. The van der Waals surface area contributed by atoms with E-state index >= 15 is 0 Å². The van der Waals surface area contributed by atoms with Gasteiger partial charge in [0.25, 0.3) is 11.8 Å². The van der Waals surface area contributed by atoms with Crippen molar-refractivity contribution < 1.29 is 19.1 Å².